The normalized spacial score (nSPS) is 20.0. The molecule has 1 amide bonds. The van der Waals surface area contributed by atoms with Crippen molar-refractivity contribution in [2.75, 3.05) is 0 Å². The first-order valence-corrected chi connectivity index (χ1v) is 4.07. The quantitative estimate of drug-likeness (QED) is 0.592. The van der Waals surface area contributed by atoms with E-state index in [1.54, 1.807) is 0 Å². The number of H-pyrrole nitrogens is 1. The Hall–Kier alpha value is -1.25. The first kappa shape index (κ1) is 7.40. The molecule has 1 aromatic heterocycles. The van der Waals surface area contributed by atoms with Crippen molar-refractivity contribution in [3.63, 3.8) is 0 Å². The molecule has 0 fully saturated rings. The van der Waals surface area contributed by atoms with E-state index in [4.69, 9.17) is 0 Å². The van der Waals surface area contributed by atoms with Crippen molar-refractivity contribution in [1.29, 1.82) is 0 Å². The summed E-state index contributed by atoms with van der Waals surface area (Å²) < 4.78 is 0. The SMILES string of the molecule is CC1(C)Cc2cc[nH]c2C(=O)N1. The highest BCUT2D eigenvalue weighted by Crippen LogP contribution is 2.21. The smallest absolute Gasteiger partial charge is 0.268 e. The summed E-state index contributed by atoms with van der Waals surface area (Å²) in [6.45, 7) is 4.06. The van der Waals surface area contributed by atoms with Crippen LogP contribution < -0.4 is 5.32 Å². The molecule has 0 aromatic carbocycles. The van der Waals surface area contributed by atoms with Crippen LogP contribution in [0.15, 0.2) is 12.3 Å². The first-order valence-electron chi connectivity index (χ1n) is 4.07. The standard InChI is InChI=1S/C9H12N2O/c1-9(2)5-6-3-4-10-7(6)8(12)11-9/h3-4,10H,5H2,1-2H3,(H,11,12). The van der Waals surface area contributed by atoms with E-state index in [2.05, 4.69) is 10.3 Å². The fourth-order valence-corrected chi connectivity index (χ4v) is 1.65. The second-order valence-electron chi connectivity index (χ2n) is 3.89. The maximum absolute atomic E-state index is 11.4. The molecule has 3 heteroatoms. The molecular weight excluding hydrogens is 152 g/mol. The number of rotatable bonds is 0. The molecular formula is C9H12N2O. The van der Waals surface area contributed by atoms with Gasteiger partial charge < -0.3 is 10.3 Å². The number of hydrogen-bond acceptors (Lipinski definition) is 1. The topological polar surface area (TPSA) is 44.9 Å². The van der Waals surface area contributed by atoms with Gasteiger partial charge in [0.1, 0.15) is 5.69 Å². The van der Waals surface area contributed by atoms with Gasteiger partial charge in [-0.25, -0.2) is 0 Å². The van der Waals surface area contributed by atoms with Gasteiger partial charge in [0.05, 0.1) is 0 Å². The third kappa shape index (κ3) is 1.02. The van der Waals surface area contributed by atoms with Crippen molar-refractivity contribution in [3.05, 3.63) is 23.5 Å². The number of nitrogens with one attached hydrogen (secondary N) is 2. The molecule has 0 unspecified atom stereocenters. The Labute approximate surface area is 71.2 Å². The third-order valence-electron chi connectivity index (χ3n) is 2.14. The van der Waals surface area contributed by atoms with Gasteiger partial charge in [-0.1, -0.05) is 0 Å². The summed E-state index contributed by atoms with van der Waals surface area (Å²) >= 11 is 0. The molecule has 1 aliphatic heterocycles. The van der Waals surface area contributed by atoms with Crippen molar-refractivity contribution in [3.8, 4) is 0 Å². The van der Waals surface area contributed by atoms with Crippen LogP contribution in [0, 0.1) is 0 Å². The summed E-state index contributed by atoms with van der Waals surface area (Å²) in [5.41, 5.74) is 1.73. The van der Waals surface area contributed by atoms with Gasteiger partial charge in [0.25, 0.3) is 5.91 Å². The van der Waals surface area contributed by atoms with Crippen molar-refractivity contribution in [1.82, 2.24) is 10.3 Å². The molecule has 1 aromatic rings. The van der Waals surface area contributed by atoms with Crippen LogP contribution in [-0.4, -0.2) is 16.4 Å². The maximum atomic E-state index is 11.4. The van der Waals surface area contributed by atoms with Crippen LogP contribution in [0.1, 0.15) is 29.9 Å². The van der Waals surface area contributed by atoms with Crippen LogP contribution in [0.5, 0.6) is 0 Å². The lowest BCUT2D eigenvalue weighted by Gasteiger charge is -2.30. The maximum Gasteiger partial charge on any atom is 0.268 e. The highest BCUT2D eigenvalue weighted by molar-refractivity contribution is 5.95. The van der Waals surface area contributed by atoms with Gasteiger partial charge in [-0.05, 0) is 31.9 Å². The van der Waals surface area contributed by atoms with Gasteiger partial charge in [-0.2, -0.15) is 0 Å². The van der Waals surface area contributed by atoms with Crippen molar-refractivity contribution in [2.45, 2.75) is 25.8 Å². The number of amides is 1. The number of fused-ring (bicyclic) bond motifs is 1. The van der Waals surface area contributed by atoms with Crippen LogP contribution in [0.2, 0.25) is 0 Å². The van der Waals surface area contributed by atoms with Crippen LogP contribution in [-0.2, 0) is 6.42 Å². The Morgan fingerprint density at radius 2 is 2.25 bits per heavy atom. The molecule has 0 aliphatic carbocycles. The zero-order chi connectivity index (χ0) is 8.77. The fraction of sp³-hybridized carbons (Fsp3) is 0.444. The van der Waals surface area contributed by atoms with E-state index in [9.17, 15) is 4.79 Å². The van der Waals surface area contributed by atoms with Gasteiger partial charge in [0.15, 0.2) is 0 Å². The first-order chi connectivity index (χ1) is 5.58. The summed E-state index contributed by atoms with van der Waals surface area (Å²) in [5, 5.41) is 2.93. The van der Waals surface area contributed by atoms with Crippen LogP contribution in [0.3, 0.4) is 0 Å². The third-order valence-corrected chi connectivity index (χ3v) is 2.14. The molecule has 64 valence electrons. The summed E-state index contributed by atoms with van der Waals surface area (Å²) in [5.74, 6) is 0.00579. The molecule has 2 rings (SSSR count). The lowest BCUT2D eigenvalue weighted by molar-refractivity contribution is 0.0892. The zero-order valence-electron chi connectivity index (χ0n) is 7.27. The summed E-state index contributed by atoms with van der Waals surface area (Å²) in [6, 6.07) is 1.97. The van der Waals surface area contributed by atoms with Gasteiger partial charge >= 0.3 is 0 Å². The fourth-order valence-electron chi connectivity index (χ4n) is 1.65. The van der Waals surface area contributed by atoms with E-state index < -0.39 is 0 Å². The van der Waals surface area contributed by atoms with Crippen molar-refractivity contribution >= 4 is 5.91 Å². The Balaban J connectivity index is 2.45. The van der Waals surface area contributed by atoms with Crippen LogP contribution in [0.4, 0.5) is 0 Å². The molecule has 2 N–H and O–H groups in total. The monoisotopic (exact) mass is 164 g/mol. The van der Waals surface area contributed by atoms with Crippen LogP contribution >= 0.6 is 0 Å². The second-order valence-corrected chi connectivity index (χ2v) is 3.89. The Morgan fingerprint density at radius 3 is 3.00 bits per heavy atom. The molecule has 0 spiro atoms. The predicted molar refractivity (Wildman–Crippen MR) is 46.0 cm³/mol. The second kappa shape index (κ2) is 2.12. The van der Waals surface area contributed by atoms with Gasteiger partial charge in [-0.15, -0.1) is 0 Å². The number of aromatic nitrogens is 1. The highest BCUT2D eigenvalue weighted by atomic mass is 16.2. The van der Waals surface area contributed by atoms with Gasteiger partial charge in [-0.3, -0.25) is 4.79 Å². The molecule has 0 radical (unpaired) electrons. The molecule has 0 saturated carbocycles. The average Bonchev–Trinajstić information content (AvgIpc) is 2.31. The van der Waals surface area contributed by atoms with E-state index in [1.165, 1.54) is 0 Å². The van der Waals surface area contributed by atoms with E-state index in [-0.39, 0.29) is 11.4 Å². The van der Waals surface area contributed by atoms with Gasteiger partial charge in [0.2, 0.25) is 0 Å². The number of carbonyl (C=O) groups excluding carboxylic acids is 1. The summed E-state index contributed by atoms with van der Waals surface area (Å²) in [4.78, 5) is 14.4. The minimum atomic E-state index is -0.105. The average molecular weight is 164 g/mol. The lowest BCUT2D eigenvalue weighted by atomic mass is 9.91. The molecule has 0 saturated heterocycles. The van der Waals surface area contributed by atoms with E-state index in [0.717, 1.165) is 12.0 Å². The minimum Gasteiger partial charge on any atom is -0.357 e. The molecule has 3 nitrogen and oxygen atoms in total. The van der Waals surface area contributed by atoms with E-state index in [0.29, 0.717) is 5.69 Å². The summed E-state index contributed by atoms with van der Waals surface area (Å²) in [6.07, 6.45) is 2.71. The minimum absolute atomic E-state index is 0.00579. The molecule has 2 heterocycles. The number of aromatic amines is 1. The van der Waals surface area contributed by atoms with Gasteiger partial charge in [0, 0.05) is 11.7 Å². The number of carbonyl (C=O) groups is 1. The summed E-state index contributed by atoms with van der Waals surface area (Å²) in [7, 11) is 0. The zero-order valence-corrected chi connectivity index (χ0v) is 7.27. The van der Waals surface area contributed by atoms with E-state index >= 15 is 0 Å². The lowest BCUT2D eigenvalue weighted by Crippen LogP contribution is -2.48. The molecule has 0 bridgehead atoms. The molecule has 0 atom stereocenters. The Kier molecular flexibility index (Phi) is 1.31. The molecule has 1 aliphatic rings. The molecule has 12 heavy (non-hydrogen) atoms. The van der Waals surface area contributed by atoms with Crippen molar-refractivity contribution < 1.29 is 4.79 Å². The van der Waals surface area contributed by atoms with Crippen LogP contribution in [0.25, 0.3) is 0 Å². The Bertz CT molecular complexity index is 325. The van der Waals surface area contributed by atoms with E-state index in [1.807, 2.05) is 26.1 Å². The van der Waals surface area contributed by atoms with Crippen molar-refractivity contribution in [2.24, 2.45) is 0 Å². The predicted octanol–water partition coefficient (Wildman–Crippen LogP) is 1.08. The number of hydrogen-bond donors (Lipinski definition) is 2. The largest absolute Gasteiger partial charge is 0.357 e. The highest BCUT2D eigenvalue weighted by Gasteiger charge is 2.30. The Morgan fingerprint density at radius 1 is 1.50 bits per heavy atom.